The summed E-state index contributed by atoms with van der Waals surface area (Å²) in [7, 11) is -3.76. The van der Waals surface area contributed by atoms with Crippen molar-refractivity contribution in [3.8, 4) is 5.75 Å². The number of rotatable bonds is 7. The molecule has 3 N–H and O–H groups in total. The van der Waals surface area contributed by atoms with Crippen molar-refractivity contribution in [2.45, 2.75) is 43.3 Å². The molecule has 11 nitrogen and oxygen atoms in total. The number of nitrogens with zero attached hydrogens (tertiary/aromatic N) is 4. The topological polar surface area (TPSA) is 125 Å². The molecule has 0 unspecified atom stereocenters. The number of hydrogen-bond acceptors (Lipinski definition) is 9. The Balaban J connectivity index is 1.25. The lowest BCUT2D eigenvalue weighted by Crippen LogP contribution is -2.50. The van der Waals surface area contributed by atoms with Crippen molar-refractivity contribution in [3.63, 3.8) is 0 Å². The third-order valence-corrected chi connectivity index (χ3v) is 9.83. The second-order valence-corrected chi connectivity index (χ2v) is 12.2. The van der Waals surface area contributed by atoms with Gasteiger partial charge in [-0.1, -0.05) is 0 Å². The van der Waals surface area contributed by atoms with Crippen LogP contribution in [0.3, 0.4) is 0 Å². The molecule has 0 amide bonds. The zero-order chi connectivity index (χ0) is 28.8. The van der Waals surface area contributed by atoms with E-state index in [-0.39, 0.29) is 27.7 Å². The van der Waals surface area contributed by atoms with Gasteiger partial charge in [-0.2, -0.15) is 27.4 Å². The number of aromatic amines is 1. The molecule has 3 aliphatic rings. The van der Waals surface area contributed by atoms with Crippen LogP contribution < -0.4 is 15.4 Å². The second kappa shape index (κ2) is 10.9. The fraction of sp³-hybridized carbons (Fsp3) is 0.538. The minimum absolute atomic E-state index is 0.0167. The molecule has 15 heteroatoms. The molecule has 0 saturated carbocycles. The van der Waals surface area contributed by atoms with Gasteiger partial charge >= 0.3 is 6.18 Å². The van der Waals surface area contributed by atoms with Crippen molar-refractivity contribution in [1.29, 1.82) is 0 Å². The Morgan fingerprint density at radius 2 is 1.85 bits per heavy atom. The first-order valence-corrected chi connectivity index (χ1v) is 15.2. The second-order valence-electron chi connectivity index (χ2n) is 10.3. The van der Waals surface area contributed by atoms with E-state index >= 15 is 0 Å². The number of anilines is 3. The Morgan fingerprint density at radius 3 is 2.56 bits per heavy atom. The number of ether oxygens (including phenoxy) is 2. The number of nitrogens with one attached hydrogen (secondary N) is 3. The molecule has 0 spiro atoms. The average Bonchev–Trinajstić information content (AvgIpc) is 3.62. The quantitative estimate of drug-likeness (QED) is 0.376. The van der Waals surface area contributed by atoms with Gasteiger partial charge < -0.3 is 25.1 Å². The number of sulfonamides is 1. The summed E-state index contributed by atoms with van der Waals surface area (Å²) < 4.78 is 80.9. The summed E-state index contributed by atoms with van der Waals surface area (Å²) in [5, 5.41) is 5.76. The summed E-state index contributed by atoms with van der Waals surface area (Å²) in [5.41, 5.74) is 0.162. The maximum Gasteiger partial charge on any atom is 0.418 e. The predicted molar refractivity (Wildman–Crippen MR) is 146 cm³/mol. The maximum absolute atomic E-state index is 13.7. The van der Waals surface area contributed by atoms with E-state index in [4.69, 9.17) is 9.47 Å². The van der Waals surface area contributed by atoms with Gasteiger partial charge in [-0.25, -0.2) is 8.42 Å². The van der Waals surface area contributed by atoms with E-state index in [1.807, 2.05) is 0 Å². The van der Waals surface area contributed by atoms with Crippen molar-refractivity contribution in [2.75, 3.05) is 63.2 Å². The van der Waals surface area contributed by atoms with Gasteiger partial charge in [-0.3, -0.25) is 4.90 Å². The fourth-order valence-electron chi connectivity index (χ4n) is 5.86. The van der Waals surface area contributed by atoms with Crippen LogP contribution >= 0.6 is 0 Å². The Hall–Kier alpha value is -3.14. The van der Waals surface area contributed by atoms with Crippen LogP contribution in [0.5, 0.6) is 5.75 Å². The van der Waals surface area contributed by atoms with Crippen molar-refractivity contribution >= 4 is 38.5 Å². The van der Waals surface area contributed by atoms with Crippen LogP contribution in [-0.2, 0) is 27.4 Å². The molecule has 5 heterocycles. The molecule has 2 fully saturated rings. The fourth-order valence-corrected chi connectivity index (χ4v) is 7.58. The molecule has 1 aromatic carbocycles. The van der Waals surface area contributed by atoms with Crippen LogP contribution in [0.1, 0.15) is 30.9 Å². The van der Waals surface area contributed by atoms with E-state index in [0.717, 1.165) is 32.1 Å². The lowest BCUT2D eigenvalue weighted by atomic mass is 10.0. The summed E-state index contributed by atoms with van der Waals surface area (Å²) in [6.45, 7) is 6.46. The van der Waals surface area contributed by atoms with Crippen LogP contribution in [0.25, 0.3) is 11.0 Å². The summed E-state index contributed by atoms with van der Waals surface area (Å²) in [6, 6.07) is 3.50. The first-order valence-electron chi connectivity index (χ1n) is 13.7. The number of halogens is 3. The normalized spacial score (nSPS) is 19.3. The van der Waals surface area contributed by atoms with Gasteiger partial charge in [0.05, 0.1) is 41.4 Å². The first kappa shape index (κ1) is 28.0. The van der Waals surface area contributed by atoms with Crippen LogP contribution in [0.4, 0.5) is 30.6 Å². The lowest BCUT2D eigenvalue weighted by molar-refractivity contribution is -0.136. The van der Waals surface area contributed by atoms with Crippen molar-refractivity contribution in [1.82, 2.24) is 24.2 Å². The SMILES string of the molecule is CCNc1nc(Nc2ccc(S(=O)(=O)N3CCC(N4CCOCC4)CC3)c3c2OCC3)nc2[nH]cc(C(F)(F)F)c12. The molecule has 2 saturated heterocycles. The standard InChI is InChI=1S/C26H32F3N7O4S/c1-2-30-23-21-18(26(27,28)29)15-31-24(21)34-25(33-23)32-19-3-4-20(17-7-12-40-22(17)19)41(37,38)36-8-5-16(6-9-36)35-10-13-39-14-11-35/h3-4,15-16H,2,5-14H2,1H3,(H3,30,31,32,33,34). The Labute approximate surface area is 235 Å². The zero-order valence-corrected chi connectivity index (χ0v) is 23.4. The summed E-state index contributed by atoms with van der Waals surface area (Å²) in [6.07, 6.45) is -1.76. The minimum Gasteiger partial charge on any atom is -0.491 e. The highest BCUT2D eigenvalue weighted by Crippen LogP contribution is 2.42. The van der Waals surface area contributed by atoms with E-state index in [1.54, 1.807) is 23.4 Å². The van der Waals surface area contributed by atoms with Crippen LogP contribution in [0.2, 0.25) is 0 Å². The maximum atomic E-state index is 13.7. The van der Waals surface area contributed by atoms with Crippen molar-refractivity contribution in [2.24, 2.45) is 0 Å². The molecule has 3 aromatic rings. The molecule has 0 aliphatic carbocycles. The Morgan fingerprint density at radius 1 is 1.10 bits per heavy atom. The van der Waals surface area contributed by atoms with E-state index in [9.17, 15) is 21.6 Å². The molecule has 41 heavy (non-hydrogen) atoms. The van der Waals surface area contributed by atoms with Gasteiger partial charge in [0.2, 0.25) is 16.0 Å². The van der Waals surface area contributed by atoms with Gasteiger partial charge in [0.25, 0.3) is 0 Å². The van der Waals surface area contributed by atoms with E-state index in [2.05, 4.69) is 30.5 Å². The molecular weight excluding hydrogens is 563 g/mol. The van der Waals surface area contributed by atoms with Gasteiger partial charge in [0.15, 0.2) is 0 Å². The largest absolute Gasteiger partial charge is 0.491 e. The molecule has 0 bridgehead atoms. The molecule has 0 radical (unpaired) electrons. The molecule has 222 valence electrons. The number of fused-ring (bicyclic) bond motifs is 2. The third kappa shape index (κ3) is 5.31. The van der Waals surface area contributed by atoms with Crippen LogP contribution in [0.15, 0.2) is 23.2 Å². The van der Waals surface area contributed by atoms with Gasteiger partial charge in [-0.05, 0) is 31.9 Å². The van der Waals surface area contributed by atoms with Crippen LogP contribution in [0, 0.1) is 0 Å². The molecule has 3 aliphatic heterocycles. The average molecular weight is 596 g/mol. The number of benzene rings is 1. The smallest absolute Gasteiger partial charge is 0.418 e. The van der Waals surface area contributed by atoms with Gasteiger partial charge in [-0.15, -0.1) is 0 Å². The van der Waals surface area contributed by atoms with Crippen molar-refractivity contribution < 1.29 is 31.1 Å². The number of H-pyrrole nitrogens is 1. The highest BCUT2D eigenvalue weighted by Gasteiger charge is 2.37. The van der Waals surface area contributed by atoms with E-state index < -0.39 is 21.8 Å². The molecule has 2 aromatic heterocycles. The molecule has 0 atom stereocenters. The Kier molecular flexibility index (Phi) is 7.46. The number of hydrogen-bond donors (Lipinski definition) is 3. The highest BCUT2D eigenvalue weighted by atomic mass is 32.2. The summed E-state index contributed by atoms with van der Waals surface area (Å²) in [5.74, 6) is 0.457. The predicted octanol–water partition coefficient (Wildman–Crippen LogP) is 3.57. The summed E-state index contributed by atoms with van der Waals surface area (Å²) in [4.78, 5) is 13.7. The monoisotopic (exact) mass is 595 g/mol. The van der Waals surface area contributed by atoms with Gasteiger partial charge in [0, 0.05) is 56.9 Å². The minimum atomic E-state index is -4.57. The number of piperidine rings is 1. The lowest BCUT2D eigenvalue weighted by Gasteiger charge is -2.39. The number of alkyl halides is 3. The number of aromatic nitrogens is 3. The third-order valence-electron chi connectivity index (χ3n) is 7.85. The highest BCUT2D eigenvalue weighted by molar-refractivity contribution is 7.89. The molecular formula is C26H32F3N7O4S. The molecule has 6 rings (SSSR count). The Bertz CT molecular complexity index is 1530. The zero-order valence-electron chi connectivity index (χ0n) is 22.6. The van der Waals surface area contributed by atoms with Crippen LogP contribution in [-0.4, -0.2) is 91.2 Å². The first-order chi connectivity index (χ1) is 19.7. The van der Waals surface area contributed by atoms with Gasteiger partial charge in [0.1, 0.15) is 17.2 Å². The van der Waals surface area contributed by atoms with E-state index in [0.29, 0.717) is 68.9 Å². The summed E-state index contributed by atoms with van der Waals surface area (Å²) >= 11 is 0. The number of morpholine rings is 1. The van der Waals surface area contributed by atoms with Crippen molar-refractivity contribution in [3.05, 3.63) is 29.5 Å². The van der Waals surface area contributed by atoms with E-state index in [1.165, 1.54) is 0 Å².